The van der Waals surface area contributed by atoms with Crippen LogP contribution in [0.2, 0.25) is 0 Å². The molecule has 1 saturated carbocycles. The number of aliphatic hydroxyl groups excluding tert-OH is 1. The van der Waals surface area contributed by atoms with E-state index >= 15 is 0 Å². The second-order valence-electron chi connectivity index (χ2n) is 6.17. The minimum Gasteiger partial charge on any atom is -0.393 e. The van der Waals surface area contributed by atoms with Crippen LogP contribution in [0.1, 0.15) is 49.9 Å². The largest absolute Gasteiger partial charge is 0.393 e. The monoisotopic (exact) mass is 307 g/mol. The van der Waals surface area contributed by atoms with Gasteiger partial charge in [-0.1, -0.05) is 0 Å². The van der Waals surface area contributed by atoms with Gasteiger partial charge in [0.1, 0.15) is 5.82 Å². The normalized spacial score (nSPS) is 21.7. The molecular formula is C15H25N5O2. The van der Waals surface area contributed by atoms with Gasteiger partial charge < -0.3 is 21.1 Å². The zero-order valence-electron chi connectivity index (χ0n) is 13.4. The average Bonchev–Trinajstić information content (AvgIpc) is 2.46. The van der Waals surface area contributed by atoms with Crippen molar-refractivity contribution in [3.8, 4) is 0 Å². The van der Waals surface area contributed by atoms with Gasteiger partial charge in [0.25, 0.3) is 5.91 Å². The Balaban J connectivity index is 2.21. The van der Waals surface area contributed by atoms with Gasteiger partial charge in [0.05, 0.1) is 11.7 Å². The Morgan fingerprint density at radius 3 is 2.59 bits per heavy atom. The average molecular weight is 307 g/mol. The summed E-state index contributed by atoms with van der Waals surface area (Å²) in [5.41, 5.74) is 5.67. The Labute approximate surface area is 130 Å². The maximum absolute atomic E-state index is 11.5. The van der Waals surface area contributed by atoms with Crippen molar-refractivity contribution in [2.45, 2.75) is 57.7 Å². The number of carbonyl (C=O) groups is 1. The topological polar surface area (TPSA) is 104 Å². The van der Waals surface area contributed by atoms with E-state index in [0.29, 0.717) is 23.4 Å². The molecule has 0 radical (unpaired) electrons. The number of nitrogens with zero attached hydrogens (tertiary/aromatic N) is 3. The van der Waals surface area contributed by atoms with Crippen LogP contribution in [0, 0.1) is 0 Å². The standard InChI is InChI=1S/C15H25N5O2/c1-9(2)18-14-12(13(16)22)8-17-15(19-14)20(3)10-4-6-11(21)7-5-10/h8-11,21H,4-7H2,1-3H3,(H2,16,22)(H,17,18,19). The van der Waals surface area contributed by atoms with Crippen molar-refractivity contribution >= 4 is 17.7 Å². The van der Waals surface area contributed by atoms with Gasteiger partial charge in [0.15, 0.2) is 0 Å². The molecule has 4 N–H and O–H groups in total. The van der Waals surface area contributed by atoms with Crippen LogP contribution >= 0.6 is 0 Å². The van der Waals surface area contributed by atoms with E-state index in [0.717, 1.165) is 25.7 Å². The third-order valence-electron chi connectivity index (χ3n) is 4.00. The Morgan fingerprint density at radius 1 is 1.41 bits per heavy atom. The van der Waals surface area contributed by atoms with Gasteiger partial charge in [-0.25, -0.2) is 4.98 Å². The zero-order valence-corrected chi connectivity index (χ0v) is 13.4. The lowest BCUT2D eigenvalue weighted by Gasteiger charge is -2.33. The Hall–Kier alpha value is -1.89. The predicted octanol–water partition coefficient (Wildman–Crippen LogP) is 1.14. The van der Waals surface area contributed by atoms with E-state index in [4.69, 9.17) is 5.73 Å². The molecule has 0 aliphatic heterocycles. The van der Waals surface area contributed by atoms with E-state index in [-0.39, 0.29) is 12.1 Å². The molecule has 1 aliphatic rings. The van der Waals surface area contributed by atoms with Crippen molar-refractivity contribution in [1.29, 1.82) is 0 Å². The highest BCUT2D eigenvalue weighted by Gasteiger charge is 2.25. The molecule has 2 rings (SSSR count). The number of hydrogen-bond acceptors (Lipinski definition) is 6. The summed E-state index contributed by atoms with van der Waals surface area (Å²) in [5.74, 6) is 0.489. The number of anilines is 2. The molecule has 7 heteroatoms. The third-order valence-corrected chi connectivity index (χ3v) is 4.00. The fourth-order valence-corrected chi connectivity index (χ4v) is 2.72. The number of aromatic nitrogens is 2. The summed E-state index contributed by atoms with van der Waals surface area (Å²) >= 11 is 0. The SMILES string of the molecule is CC(C)Nc1nc(N(C)C2CCC(O)CC2)ncc1C(N)=O. The van der Waals surface area contributed by atoms with Crippen molar-refractivity contribution in [3.05, 3.63) is 11.8 Å². The first-order chi connectivity index (χ1) is 10.4. The first-order valence-electron chi connectivity index (χ1n) is 7.72. The first kappa shape index (κ1) is 16.5. The van der Waals surface area contributed by atoms with Crippen LogP contribution in [-0.2, 0) is 0 Å². The molecule has 0 saturated heterocycles. The van der Waals surface area contributed by atoms with Crippen molar-refractivity contribution in [1.82, 2.24) is 9.97 Å². The predicted molar refractivity (Wildman–Crippen MR) is 86.0 cm³/mol. The van der Waals surface area contributed by atoms with E-state index in [1.165, 1.54) is 6.20 Å². The van der Waals surface area contributed by atoms with Crippen LogP contribution in [0.3, 0.4) is 0 Å². The van der Waals surface area contributed by atoms with Gasteiger partial charge >= 0.3 is 0 Å². The van der Waals surface area contributed by atoms with Crippen molar-refractivity contribution in [2.24, 2.45) is 5.73 Å². The molecule has 0 atom stereocenters. The minimum atomic E-state index is -0.543. The second kappa shape index (κ2) is 6.91. The van der Waals surface area contributed by atoms with Crippen molar-refractivity contribution in [3.63, 3.8) is 0 Å². The fraction of sp³-hybridized carbons (Fsp3) is 0.667. The Bertz CT molecular complexity index is 527. The summed E-state index contributed by atoms with van der Waals surface area (Å²) in [5, 5.41) is 12.8. The van der Waals surface area contributed by atoms with Crippen molar-refractivity contribution < 1.29 is 9.90 Å². The maximum Gasteiger partial charge on any atom is 0.254 e. The lowest BCUT2D eigenvalue weighted by molar-refractivity contribution is 0.1000. The van der Waals surface area contributed by atoms with E-state index in [2.05, 4.69) is 15.3 Å². The van der Waals surface area contributed by atoms with Gasteiger partial charge in [-0.2, -0.15) is 4.98 Å². The lowest BCUT2D eigenvalue weighted by atomic mass is 9.92. The number of rotatable bonds is 5. The number of nitrogens with one attached hydrogen (secondary N) is 1. The van der Waals surface area contributed by atoms with Crippen LogP contribution in [0.5, 0.6) is 0 Å². The number of hydrogen-bond donors (Lipinski definition) is 3. The van der Waals surface area contributed by atoms with E-state index in [1.54, 1.807) is 0 Å². The second-order valence-corrected chi connectivity index (χ2v) is 6.17. The maximum atomic E-state index is 11.5. The molecule has 0 aromatic carbocycles. The van der Waals surface area contributed by atoms with Crippen LogP contribution in [0.25, 0.3) is 0 Å². The van der Waals surface area contributed by atoms with Gasteiger partial charge in [-0.3, -0.25) is 4.79 Å². The van der Waals surface area contributed by atoms with Crippen LogP contribution in [0.4, 0.5) is 11.8 Å². The highest BCUT2D eigenvalue weighted by molar-refractivity contribution is 5.97. The molecule has 0 spiro atoms. The highest BCUT2D eigenvalue weighted by Crippen LogP contribution is 2.25. The van der Waals surface area contributed by atoms with Gasteiger partial charge in [-0.05, 0) is 39.5 Å². The van der Waals surface area contributed by atoms with Crippen LogP contribution in [0.15, 0.2) is 6.20 Å². The summed E-state index contributed by atoms with van der Waals surface area (Å²) in [7, 11) is 1.95. The Kier molecular flexibility index (Phi) is 5.18. The highest BCUT2D eigenvalue weighted by atomic mass is 16.3. The van der Waals surface area contributed by atoms with E-state index in [1.807, 2.05) is 25.8 Å². The molecule has 1 fully saturated rings. The quantitative estimate of drug-likeness (QED) is 0.753. The van der Waals surface area contributed by atoms with Gasteiger partial charge in [-0.15, -0.1) is 0 Å². The molecule has 0 bridgehead atoms. The van der Waals surface area contributed by atoms with Gasteiger partial charge in [0.2, 0.25) is 5.95 Å². The summed E-state index contributed by atoms with van der Waals surface area (Å²) < 4.78 is 0. The molecule has 0 unspecified atom stereocenters. The molecule has 1 aliphatic carbocycles. The molecule has 1 amide bonds. The number of amides is 1. The van der Waals surface area contributed by atoms with Crippen LogP contribution < -0.4 is 16.0 Å². The molecule has 1 aromatic rings. The molecule has 1 aromatic heterocycles. The number of carbonyl (C=O) groups excluding carboxylic acids is 1. The molecule has 122 valence electrons. The summed E-state index contributed by atoms with van der Waals surface area (Å²) in [6, 6.07) is 0.436. The molecule has 22 heavy (non-hydrogen) atoms. The van der Waals surface area contributed by atoms with Gasteiger partial charge in [0, 0.05) is 25.3 Å². The molecule has 1 heterocycles. The fourth-order valence-electron chi connectivity index (χ4n) is 2.72. The third kappa shape index (κ3) is 3.85. The van der Waals surface area contributed by atoms with Crippen LogP contribution in [-0.4, -0.2) is 46.2 Å². The lowest BCUT2D eigenvalue weighted by Crippen LogP contribution is -2.37. The first-order valence-corrected chi connectivity index (χ1v) is 7.72. The molecule has 7 nitrogen and oxygen atoms in total. The number of nitrogens with two attached hydrogens (primary N) is 1. The van der Waals surface area contributed by atoms with Crippen molar-refractivity contribution in [2.75, 3.05) is 17.3 Å². The van der Waals surface area contributed by atoms with E-state index in [9.17, 15) is 9.90 Å². The summed E-state index contributed by atoms with van der Waals surface area (Å²) in [6.45, 7) is 3.94. The zero-order chi connectivity index (χ0) is 16.3. The summed E-state index contributed by atoms with van der Waals surface area (Å²) in [6.07, 6.45) is 4.69. The van der Waals surface area contributed by atoms with E-state index < -0.39 is 5.91 Å². The smallest absolute Gasteiger partial charge is 0.254 e. The molecular weight excluding hydrogens is 282 g/mol. The minimum absolute atomic E-state index is 0.135. The number of primary amides is 1. The summed E-state index contributed by atoms with van der Waals surface area (Å²) in [4.78, 5) is 22.2. The number of aliphatic hydroxyl groups is 1. The Morgan fingerprint density at radius 2 is 2.05 bits per heavy atom.